The number of halogens is 1. The summed E-state index contributed by atoms with van der Waals surface area (Å²) < 4.78 is 4.81. The summed E-state index contributed by atoms with van der Waals surface area (Å²) in [5, 5.41) is 6.36. The van der Waals surface area contributed by atoms with Crippen molar-refractivity contribution in [2.24, 2.45) is 0 Å². The van der Waals surface area contributed by atoms with Gasteiger partial charge in [0, 0.05) is 13.0 Å². The highest BCUT2D eigenvalue weighted by Crippen LogP contribution is 2.02. The van der Waals surface area contributed by atoms with Crippen molar-refractivity contribution < 1.29 is 4.52 Å². The standard InChI is InChI=1S/C8H9ClN6O2/c9-4-3-12-8(14-6(4)16)11-2-1-5-13-7(10)15-17-5/h3H,1-2H2,(H2,10,15)(H2,11,12,14,16). The second-order valence-corrected chi connectivity index (χ2v) is 3.54. The quantitative estimate of drug-likeness (QED) is 0.706. The van der Waals surface area contributed by atoms with Crippen molar-refractivity contribution in [2.45, 2.75) is 6.42 Å². The van der Waals surface area contributed by atoms with Gasteiger partial charge in [-0.15, -0.1) is 0 Å². The van der Waals surface area contributed by atoms with Gasteiger partial charge in [0.05, 0.1) is 6.20 Å². The molecule has 4 N–H and O–H groups in total. The van der Waals surface area contributed by atoms with Crippen LogP contribution in [0.5, 0.6) is 0 Å². The van der Waals surface area contributed by atoms with E-state index < -0.39 is 5.56 Å². The maximum Gasteiger partial charge on any atom is 0.271 e. The summed E-state index contributed by atoms with van der Waals surface area (Å²) in [5.74, 6) is 0.830. The fourth-order valence-corrected chi connectivity index (χ4v) is 1.22. The minimum absolute atomic E-state index is 0.0419. The van der Waals surface area contributed by atoms with E-state index in [9.17, 15) is 4.79 Å². The molecule has 2 heterocycles. The predicted octanol–water partition coefficient (Wildman–Crippen LogP) is 0.0431. The second kappa shape index (κ2) is 4.83. The third-order valence-electron chi connectivity index (χ3n) is 1.87. The van der Waals surface area contributed by atoms with Gasteiger partial charge in [0.2, 0.25) is 11.8 Å². The number of rotatable bonds is 4. The lowest BCUT2D eigenvalue weighted by molar-refractivity contribution is 0.381. The monoisotopic (exact) mass is 256 g/mol. The van der Waals surface area contributed by atoms with Crippen molar-refractivity contribution in [3.63, 3.8) is 0 Å². The van der Waals surface area contributed by atoms with Gasteiger partial charge >= 0.3 is 0 Å². The van der Waals surface area contributed by atoms with Crippen molar-refractivity contribution in [3.05, 3.63) is 27.5 Å². The average molecular weight is 257 g/mol. The van der Waals surface area contributed by atoms with E-state index in [0.29, 0.717) is 24.8 Å². The molecule has 90 valence electrons. The Balaban J connectivity index is 1.90. The van der Waals surface area contributed by atoms with Crippen LogP contribution in [0.25, 0.3) is 0 Å². The minimum Gasteiger partial charge on any atom is -0.365 e. The number of hydrogen-bond acceptors (Lipinski definition) is 7. The van der Waals surface area contributed by atoms with Crippen LogP contribution in [0.1, 0.15) is 5.89 Å². The zero-order valence-corrected chi connectivity index (χ0v) is 9.36. The molecule has 2 aromatic heterocycles. The van der Waals surface area contributed by atoms with Crippen LogP contribution in [0.15, 0.2) is 15.5 Å². The van der Waals surface area contributed by atoms with Gasteiger partial charge in [-0.25, -0.2) is 4.98 Å². The smallest absolute Gasteiger partial charge is 0.271 e. The number of anilines is 2. The number of H-pyrrole nitrogens is 1. The van der Waals surface area contributed by atoms with E-state index in [1.807, 2.05) is 0 Å². The maximum absolute atomic E-state index is 11.2. The fraction of sp³-hybridized carbons (Fsp3) is 0.250. The SMILES string of the molecule is Nc1noc(CCNc2ncc(Cl)c(=O)[nH]2)n1. The van der Waals surface area contributed by atoms with Gasteiger partial charge in [0.15, 0.2) is 0 Å². The fourth-order valence-electron chi connectivity index (χ4n) is 1.13. The van der Waals surface area contributed by atoms with Crippen molar-refractivity contribution in [1.82, 2.24) is 20.1 Å². The van der Waals surface area contributed by atoms with Crippen molar-refractivity contribution >= 4 is 23.5 Å². The first-order chi connectivity index (χ1) is 8.15. The van der Waals surface area contributed by atoms with Crippen molar-refractivity contribution in [2.75, 3.05) is 17.6 Å². The number of nitrogens with zero attached hydrogens (tertiary/aromatic N) is 3. The first-order valence-electron chi connectivity index (χ1n) is 4.72. The summed E-state index contributed by atoms with van der Waals surface area (Å²) in [7, 11) is 0. The number of hydrogen-bond donors (Lipinski definition) is 3. The Morgan fingerprint density at radius 2 is 2.41 bits per heavy atom. The van der Waals surface area contributed by atoms with E-state index in [-0.39, 0.29) is 11.0 Å². The highest BCUT2D eigenvalue weighted by atomic mass is 35.5. The van der Waals surface area contributed by atoms with Crippen LogP contribution in [0.4, 0.5) is 11.9 Å². The molecule has 0 saturated carbocycles. The van der Waals surface area contributed by atoms with Gasteiger partial charge < -0.3 is 15.6 Å². The molecule has 9 heteroatoms. The lowest BCUT2D eigenvalue weighted by Gasteiger charge is -2.02. The summed E-state index contributed by atoms with van der Waals surface area (Å²) in [5.41, 5.74) is 4.89. The molecule has 17 heavy (non-hydrogen) atoms. The second-order valence-electron chi connectivity index (χ2n) is 3.13. The van der Waals surface area contributed by atoms with Crippen LogP contribution in [-0.2, 0) is 6.42 Å². The van der Waals surface area contributed by atoms with Crippen molar-refractivity contribution in [3.8, 4) is 0 Å². The zero-order valence-electron chi connectivity index (χ0n) is 8.61. The summed E-state index contributed by atoms with van der Waals surface area (Å²) in [4.78, 5) is 21.3. The summed E-state index contributed by atoms with van der Waals surface area (Å²) >= 11 is 5.53. The normalized spacial score (nSPS) is 10.4. The first kappa shape index (κ1) is 11.4. The molecule has 0 unspecified atom stereocenters. The third kappa shape index (κ3) is 2.94. The van der Waals surface area contributed by atoms with Gasteiger partial charge in [-0.1, -0.05) is 11.6 Å². The molecule has 0 saturated heterocycles. The molecule has 8 nitrogen and oxygen atoms in total. The van der Waals surface area contributed by atoms with E-state index in [0.717, 1.165) is 0 Å². The molecule has 0 spiro atoms. The maximum atomic E-state index is 11.2. The molecular formula is C8H9ClN6O2. The Labute approximate surface area is 100 Å². The lowest BCUT2D eigenvalue weighted by atomic mass is 10.4. The first-order valence-corrected chi connectivity index (χ1v) is 5.09. The summed E-state index contributed by atoms with van der Waals surface area (Å²) in [6.07, 6.45) is 1.74. The molecule has 2 aromatic rings. The predicted molar refractivity (Wildman–Crippen MR) is 60.8 cm³/mol. The van der Waals surface area contributed by atoms with Crippen LogP contribution < -0.4 is 16.6 Å². The van der Waals surface area contributed by atoms with Crippen molar-refractivity contribution in [1.29, 1.82) is 0 Å². The van der Waals surface area contributed by atoms with Gasteiger partial charge in [-0.2, -0.15) is 4.98 Å². The number of nitrogens with one attached hydrogen (secondary N) is 2. The molecule has 0 radical (unpaired) electrons. The van der Waals surface area contributed by atoms with E-state index in [2.05, 4.69) is 25.4 Å². The van der Waals surface area contributed by atoms with Crippen LogP contribution in [-0.4, -0.2) is 26.7 Å². The molecule has 0 fully saturated rings. The van der Waals surface area contributed by atoms with Gasteiger partial charge in [0.1, 0.15) is 5.02 Å². The van der Waals surface area contributed by atoms with Crippen LogP contribution >= 0.6 is 11.6 Å². The highest BCUT2D eigenvalue weighted by molar-refractivity contribution is 6.30. The highest BCUT2D eigenvalue weighted by Gasteiger charge is 2.03. The Bertz CT molecular complexity index is 565. The largest absolute Gasteiger partial charge is 0.365 e. The Hall–Kier alpha value is -2.09. The molecular weight excluding hydrogens is 248 g/mol. The van der Waals surface area contributed by atoms with E-state index >= 15 is 0 Å². The third-order valence-corrected chi connectivity index (χ3v) is 2.14. The number of aromatic nitrogens is 4. The van der Waals surface area contributed by atoms with E-state index in [1.54, 1.807) is 0 Å². The Kier molecular flexibility index (Phi) is 3.24. The zero-order chi connectivity index (χ0) is 12.3. The van der Waals surface area contributed by atoms with E-state index in [4.69, 9.17) is 21.9 Å². The Morgan fingerprint density at radius 3 is 3.06 bits per heavy atom. The topological polar surface area (TPSA) is 123 Å². The van der Waals surface area contributed by atoms with Gasteiger partial charge in [-0.3, -0.25) is 9.78 Å². The van der Waals surface area contributed by atoms with E-state index in [1.165, 1.54) is 6.20 Å². The molecule has 0 aliphatic carbocycles. The molecule has 0 atom stereocenters. The number of nitrogens with two attached hydrogens (primary N) is 1. The van der Waals surface area contributed by atoms with Gasteiger partial charge in [-0.05, 0) is 5.16 Å². The molecule has 0 aromatic carbocycles. The van der Waals surface area contributed by atoms with Crippen LogP contribution in [0, 0.1) is 0 Å². The molecule has 2 rings (SSSR count). The van der Waals surface area contributed by atoms with Crippen LogP contribution in [0.2, 0.25) is 5.02 Å². The molecule has 0 aliphatic heterocycles. The number of nitrogen functional groups attached to an aromatic ring is 1. The summed E-state index contributed by atoms with van der Waals surface area (Å²) in [6, 6.07) is 0. The van der Waals surface area contributed by atoms with Crippen LogP contribution in [0.3, 0.4) is 0 Å². The average Bonchev–Trinajstić information content (AvgIpc) is 2.70. The lowest BCUT2D eigenvalue weighted by Crippen LogP contribution is -2.14. The van der Waals surface area contributed by atoms with Gasteiger partial charge in [0.25, 0.3) is 11.5 Å². The Morgan fingerprint density at radius 1 is 1.59 bits per heavy atom. The summed E-state index contributed by atoms with van der Waals surface area (Å²) in [6.45, 7) is 0.464. The molecule has 0 amide bonds. The minimum atomic E-state index is -0.397. The molecule has 0 bridgehead atoms. The molecule has 0 aliphatic rings. The number of aromatic amines is 1.